The Morgan fingerprint density at radius 3 is 2.77 bits per heavy atom. The lowest BCUT2D eigenvalue weighted by Gasteiger charge is -2.46. The van der Waals surface area contributed by atoms with Crippen molar-refractivity contribution in [3.05, 3.63) is 12.7 Å². The molecule has 1 aliphatic heterocycles. The molecule has 0 spiro atoms. The highest BCUT2D eigenvalue weighted by molar-refractivity contribution is 5.77. The van der Waals surface area contributed by atoms with Crippen molar-refractivity contribution in [2.24, 2.45) is 0 Å². The number of amides is 1. The van der Waals surface area contributed by atoms with E-state index in [0.717, 1.165) is 12.8 Å². The smallest absolute Gasteiger partial charge is 0.223 e. The molecule has 0 bridgehead atoms. The Bertz CT molecular complexity index is 207. The van der Waals surface area contributed by atoms with Crippen LogP contribution < -0.4 is 0 Å². The molecule has 0 saturated carbocycles. The van der Waals surface area contributed by atoms with E-state index in [2.05, 4.69) is 6.58 Å². The van der Waals surface area contributed by atoms with Crippen LogP contribution in [0.15, 0.2) is 12.7 Å². The topological polar surface area (TPSA) is 40.5 Å². The highest BCUT2D eigenvalue weighted by Gasteiger charge is 2.41. The van der Waals surface area contributed by atoms with Crippen LogP contribution in [0.25, 0.3) is 0 Å². The Labute approximate surface area is 79.0 Å². The molecule has 1 heterocycles. The fourth-order valence-corrected chi connectivity index (χ4v) is 1.45. The zero-order chi connectivity index (χ0) is 9.90. The van der Waals surface area contributed by atoms with Gasteiger partial charge < -0.3 is 10.0 Å². The van der Waals surface area contributed by atoms with Crippen LogP contribution in [0.2, 0.25) is 0 Å². The molecule has 13 heavy (non-hydrogen) atoms. The van der Waals surface area contributed by atoms with Crippen LogP contribution in [0.5, 0.6) is 0 Å². The van der Waals surface area contributed by atoms with Gasteiger partial charge in [-0.2, -0.15) is 0 Å². The first kappa shape index (κ1) is 10.3. The van der Waals surface area contributed by atoms with Crippen LogP contribution in [0.1, 0.15) is 26.2 Å². The van der Waals surface area contributed by atoms with Gasteiger partial charge in [0.2, 0.25) is 5.91 Å². The number of hydrogen-bond acceptors (Lipinski definition) is 2. The van der Waals surface area contributed by atoms with Gasteiger partial charge in [-0.25, -0.2) is 0 Å². The van der Waals surface area contributed by atoms with Gasteiger partial charge in [-0.15, -0.1) is 6.58 Å². The summed E-state index contributed by atoms with van der Waals surface area (Å²) >= 11 is 0. The van der Waals surface area contributed by atoms with Gasteiger partial charge in [-0.1, -0.05) is 13.0 Å². The lowest BCUT2D eigenvalue weighted by molar-refractivity contribution is -0.155. The second kappa shape index (κ2) is 3.92. The minimum Gasteiger partial charge on any atom is -0.386 e. The molecule has 0 aromatic rings. The molecule has 1 rings (SSSR count). The molecule has 0 aliphatic carbocycles. The molecule has 0 radical (unpaired) electrons. The van der Waals surface area contributed by atoms with Gasteiger partial charge in [0, 0.05) is 6.42 Å². The third-order valence-electron chi connectivity index (χ3n) is 2.54. The summed E-state index contributed by atoms with van der Waals surface area (Å²) in [5.41, 5.74) is -0.607. The number of carbonyl (C=O) groups is 1. The van der Waals surface area contributed by atoms with E-state index in [1.54, 1.807) is 11.0 Å². The molecule has 1 aliphatic rings. The monoisotopic (exact) mass is 183 g/mol. The predicted molar refractivity (Wildman–Crippen MR) is 51.3 cm³/mol. The minimum absolute atomic E-state index is 0.123. The molecule has 0 atom stereocenters. The number of carbonyl (C=O) groups excluding carboxylic acids is 1. The largest absolute Gasteiger partial charge is 0.386 e. The average molecular weight is 183 g/mol. The molecule has 0 unspecified atom stereocenters. The standard InChI is InChI=1S/C10H17NO2/c1-3-5-6-9(12)11-7-10(13,4-2)8-11/h3,13H,1,4-8H2,2H3. The number of allylic oxidation sites excluding steroid dienone is 1. The van der Waals surface area contributed by atoms with Gasteiger partial charge >= 0.3 is 0 Å². The van der Waals surface area contributed by atoms with E-state index in [1.165, 1.54) is 0 Å². The van der Waals surface area contributed by atoms with Gasteiger partial charge in [0.05, 0.1) is 18.7 Å². The molecule has 1 N–H and O–H groups in total. The number of rotatable bonds is 4. The molecule has 1 amide bonds. The Hall–Kier alpha value is -0.830. The fourth-order valence-electron chi connectivity index (χ4n) is 1.45. The van der Waals surface area contributed by atoms with Gasteiger partial charge in [0.25, 0.3) is 0 Å². The fraction of sp³-hybridized carbons (Fsp3) is 0.700. The summed E-state index contributed by atoms with van der Waals surface area (Å²) in [6, 6.07) is 0. The Morgan fingerprint density at radius 2 is 2.31 bits per heavy atom. The lowest BCUT2D eigenvalue weighted by atomic mass is 9.91. The van der Waals surface area contributed by atoms with Crippen LogP contribution in [0.4, 0.5) is 0 Å². The van der Waals surface area contributed by atoms with Crippen molar-refractivity contribution in [2.75, 3.05) is 13.1 Å². The van der Waals surface area contributed by atoms with Crippen LogP contribution in [0, 0.1) is 0 Å². The van der Waals surface area contributed by atoms with Crippen molar-refractivity contribution in [1.29, 1.82) is 0 Å². The van der Waals surface area contributed by atoms with Crippen molar-refractivity contribution >= 4 is 5.91 Å². The van der Waals surface area contributed by atoms with E-state index in [-0.39, 0.29) is 5.91 Å². The molecule has 3 heteroatoms. The molecular weight excluding hydrogens is 166 g/mol. The number of nitrogens with zero attached hydrogens (tertiary/aromatic N) is 1. The number of aliphatic hydroxyl groups is 1. The van der Waals surface area contributed by atoms with Crippen LogP contribution in [-0.2, 0) is 4.79 Å². The first-order chi connectivity index (χ1) is 6.11. The third kappa shape index (κ3) is 2.31. The van der Waals surface area contributed by atoms with Crippen molar-refractivity contribution in [2.45, 2.75) is 31.8 Å². The zero-order valence-electron chi connectivity index (χ0n) is 8.12. The van der Waals surface area contributed by atoms with Crippen molar-refractivity contribution in [1.82, 2.24) is 4.90 Å². The van der Waals surface area contributed by atoms with Crippen molar-refractivity contribution in [3.63, 3.8) is 0 Å². The van der Waals surface area contributed by atoms with Gasteiger partial charge in [-0.05, 0) is 12.8 Å². The van der Waals surface area contributed by atoms with E-state index in [1.807, 2.05) is 6.92 Å². The molecular formula is C10H17NO2. The molecule has 1 saturated heterocycles. The first-order valence-corrected chi connectivity index (χ1v) is 4.72. The number of β-amino-alcohol motifs (C(OH)–C–C–N with tert-alkyl or cyclic N) is 1. The molecule has 1 fully saturated rings. The first-order valence-electron chi connectivity index (χ1n) is 4.72. The van der Waals surface area contributed by atoms with Gasteiger partial charge in [0.15, 0.2) is 0 Å². The van der Waals surface area contributed by atoms with Crippen molar-refractivity contribution < 1.29 is 9.90 Å². The third-order valence-corrected chi connectivity index (χ3v) is 2.54. The Kier molecular flexibility index (Phi) is 3.09. The summed E-state index contributed by atoms with van der Waals surface area (Å²) < 4.78 is 0. The second-order valence-corrected chi connectivity index (χ2v) is 3.66. The Morgan fingerprint density at radius 1 is 1.69 bits per heavy atom. The van der Waals surface area contributed by atoms with Crippen LogP contribution in [0.3, 0.4) is 0 Å². The van der Waals surface area contributed by atoms with E-state index >= 15 is 0 Å². The van der Waals surface area contributed by atoms with Gasteiger partial charge in [0.1, 0.15) is 0 Å². The van der Waals surface area contributed by atoms with E-state index < -0.39 is 5.60 Å². The maximum absolute atomic E-state index is 11.4. The predicted octanol–water partition coefficient (Wildman–Crippen LogP) is 0.936. The van der Waals surface area contributed by atoms with Crippen molar-refractivity contribution in [3.8, 4) is 0 Å². The van der Waals surface area contributed by atoms with E-state index in [4.69, 9.17) is 0 Å². The molecule has 74 valence electrons. The van der Waals surface area contributed by atoms with E-state index in [9.17, 15) is 9.90 Å². The molecule has 0 aromatic heterocycles. The second-order valence-electron chi connectivity index (χ2n) is 3.66. The highest BCUT2D eigenvalue weighted by atomic mass is 16.3. The average Bonchev–Trinajstić information content (AvgIpc) is 2.09. The summed E-state index contributed by atoms with van der Waals surface area (Å²) in [5, 5.41) is 9.65. The quantitative estimate of drug-likeness (QED) is 0.659. The van der Waals surface area contributed by atoms with Crippen LogP contribution in [-0.4, -0.2) is 34.6 Å². The maximum atomic E-state index is 11.4. The lowest BCUT2D eigenvalue weighted by Crippen LogP contribution is -2.63. The minimum atomic E-state index is -0.607. The zero-order valence-corrected chi connectivity index (χ0v) is 8.12. The summed E-state index contributed by atoms with van der Waals surface area (Å²) in [4.78, 5) is 13.1. The van der Waals surface area contributed by atoms with Gasteiger partial charge in [-0.3, -0.25) is 4.79 Å². The normalized spacial score (nSPS) is 19.4. The maximum Gasteiger partial charge on any atom is 0.223 e. The summed E-state index contributed by atoms with van der Waals surface area (Å²) in [6.45, 7) is 6.50. The van der Waals surface area contributed by atoms with Crippen LogP contribution >= 0.6 is 0 Å². The highest BCUT2D eigenvalue weighted by Crippen LogP contribution is 2.24. The Balaban J connectivity index is 2.26. The number of hydrogen-bond donors (Lipinski definition) is 1. The molecule has 3 nitrogen and oxygen atoms in total. The van der Waals surface area contributed by atoms with E-state index in [0.29, 0.717) is 19.5 Å². The number of likely N-dealkylation sites (tertiary alicyclic amines) is 1. The summed E-state index contributed by atoms with van der Waals surface area (Å²) in [5.74, 6) is 0.123. The SMILES string of the molecule is C=CCCC(=O)N1CC(O)(CC)C1. The molecule has 0 aromatic carbocycles. The summed E-state index contributed by atoms with van der Waals surface area (Å²) in [6.07, 6.45) is 3.70. The summed E-state index contributed by atoms with van der Waals surface area (Å²) in [7, 11) is 0.